The molecule has 1 N–H and O–H groups in total. The summed E-state index contributed by atoms with van der Waals surface area (Å²) in [5.74, 6) is 0.935. The Bertz CT molecular complexity index is 2070. The van der Waals surface area contributed by atoms with E-state index in [1.54, 1.807) is 0 Å². The van der Waals surface area contributed by atoms with Gasteiger partial charge in [-0.15, -0.1) is 0 Å². The van der Waals surface area contributed by atoms with Gasteiger partial charge in [0.25, 0.3) is 0 Å². The Morgan fingerprint density at radius 1 is 0.529 bits per heavy atom. The van der Waals surface area contributed by atoms with Crippen molar-refractivity contribution < 1.29 is 0 Å². The smallest absolute Gasteiger partial charge is 0.138 e. The first-order chi connectivity index (χ1) is 16.8. The summed E-state index contributed by atoms with van der Waals surface area (Å²) in [5, 5.41) is 8.69. The number of hydrogen-bond donors (Lipinski definition) is 1. The molecule has 0 spiro atoms. The molecule has 3 heteroatoms. The van der Waals surface area contributed by atoms with Gasteiger partial charge in [0, 0.05) is 38.0 Å². The van der Waals surface area contributed by atoms with Crippen molar-refractivity contribution in [3.05, 3.63) is 109 Å². The summed E-state index contributed by atoms with van der Waals surface area (Å²) in [6.07, 6.45) is 0. The quantitative estimate of drug-likeness (QED) is 0.279. The zero-order valence-electron chi connectivity index (χ0n) is 18.3. The summed E-state index contributed by atoms with van der Waals surface area (Å²) in [7, 11) is 0. The maximum atomic E-state index is 5.07. The van der Waals surface area contributed by atoms with Crippen LogP contribution >= 0.6 is 0 Å². The average Bonchev–Trinajstić information content (AvgIpc) is 3.42. The van der Waals surface area contributed by atoms with Gasteiger partial charge in [0.1, 0.15) is 5.82 Å². The van der Waals surface area contributed by atoms with Crippen molar-refractivity contribution in [3.63, 3.8) is 0 Å². The van der Waals surface area contributed by atoms with Crippen LogP contribution in [0.3, 0.4) is 0 Å². The van der Waals surface area contributed by atoms with Crippen molar-refractivity contribution in [2.75, 3.05) is 0 Å². The van der Waals surface area contributed by atoms with E-state index in [1.807, 2.05) is 6.07 Å². The minimum Gasteiger partial charge on any atom is -0.354 e. The number of para-hydroxylation sites is 2. The lowest BCUT2D eigenvalue weighted by atomic mass is 10.0. The molecule has 0 radical (unpaired) electrons. The van der Waals surface area contributed by atoms with E-state index in [4.69, 9.17) is 4.98 Å². The number of rotatable bonds is 1. The first-order valence-electron chi connectivity index (χ1n) is 11.6. The number of aromatic amines is 1. The lowest BCUT2D eigenvalue weighted by molar-refractivity contribution is 1.10. The van der Waals surface area contributed by atoms with E-state index >= 15 is 0 Å². The fourth-order valence-corrected chi connectivity index (χ4v) is 5.56. The number of H-pyrrole nitrogens is 1. The molecule has 3 heterocycles. The van der Waals surface area contributed by atoms with Gasteiger partial charge in [-0.1, -0.05) is 66.7 Å². The number of nitrogens with zero attached hydrogens (tertiary/aromatic N) is 2. The zero-order chi connectivity index (χ0) is 22.2. The first kappa shape index (κ1) is 17.9. The standard InChI is InChI=1S/C31H19N3/c1-3-9-21-19(7-1)13-15-28-31(21)24-17-23-22-10-4-6-12-26(22)32-27(23)18-29(24)34(28)30-16-14-20-8-2-5-11-25(20)33-30/h1-18,32H. The van der Waals surface area contributed by atoms with Crippen molar-refractivity contribution in [1.29, 1.82) is 0 Å². The Morgan fingerprint density at radius 3 is 2.24 bits per heavy atom. The molecule has 0 fully saturated rings. The molecule has 0 aliphatic heterocycles. The molecule has 0 atom stereocenters. The zero-order valence-corrected chi connectivity index (χ0v) is 18.3. The summed E-state index contributed by atoms with van der Waals surface area (Å²) < 4.78 is 2.31. The van der Waals surface area contributed by atoms with E-state index in [-0.39, 0.29) is 0 Å². The van der Waals surface area contributed by atoms with E-state index in [1.165, 1.54) is 37.8 Å². The topological polar surface area (TPSA) is 33.6 Å². The Balaban J connectivity index is 1.60. The van der Waals surface area contributed by atoms with Gasteiger partial charge in [0.2, 0.25) is 0 Å². The second kappa shape index (κ2) is 6.46. The molecule has 0 aliphatic rings. The van der Waals surface area contributed by atoms with Crippen LogP contribution in [0.5, 0.6) is 0 Å². The molecule has 3 nitrogen and oxygen atoms in total. The Labute approximate surface area is 194 Å². The van der Waals surface area contributed by atoms with Gasteiger partial charge in [0.05, 0.1) is 16.6 Å². The summed E-state index contributed by atoms with van der Waals surface area (Å²) in [4.78, 5) is 8.70. The van der Waals surface area contributed by atoms with E-state index in [0.29, 0.717) is 0 Å². The van der Waals surface area contributed by atoms with Gasteiger partial charge in [-0.3, -0.25) is 4.57 Å². The molecule has 8 aromatic rings. The van der Waals surface area contributed by atoms with Crippen LogP contribution in [-0.2, 0) is 0 Å². The van der Waals surface area contributed by atoms with Crippen molar-refractivity contribution in [3.8, 4) is 5.82 Å². The van der Waals surface area contributed by atoms with Crippen LogP contribution < -0.4 is 0 Å². The highest BCUT2D eigenvalue weighted by molar-refractivity contribution is 6.24. The third-order valence-corrected chi connectivity index (χ3v) is 7.09. The van der Waals surface area contributed by atoms with Crippen LogP contribution in [0.4, 0.5) is 0 Å². The molecule has 0 aliphatic carbocycles. The molecular weight excluding hydrogens is 414 g/mol. The van der Waals surface area contributed by atoms with Gasteiger partial charge in [-0.05, 0) is 53.2 Å². The van der Waals surface area contributed by atoms with Gasteiger partial charge in [-0.2, -0.15) is 0 Å². The number of benzene rings is 5. The Kier molecular flexibility index (Phi) is 3.39. The fourth-order valence-electron chi connectivity index (χ4n) is 5.56. The van der Waals surface area contributed by atoms with Crippen LogP contribution in [-0.4, -0.2) is 14.5 Å². The van der Waals surface area contributed by atoms with Gasteiger partial charge in [-0.25, -0.2) is 4.98 Å². The molecule has 0 saturated carbocycles. The molecule has 0 saturated heterocycles. The normalized spacial score (nSPS) is 12.1. The molecule has 0 amide bonds. The molecular formula is C31H19N3. The highest BCUT2D eigenvalue weighted by Crippen LogP contribution is 2.39. The molecule has 3 aromatic heterocycles. The summed E-state index contributed by atoms with van der Waals surface area (Å²) in [6.45, 7) is 0. The maximum Gasteiger partial charge on any atom is 0.138 e. The van der Waals surface area contributed by atoms with E-state index in [2.05, 4.69) is 113 Å². The second-order valence-corrected chi connectivity index (χ2v) is 8.96. The summed E-state index contributed by atoms with van der Waals surface area (Å²) >= 11 is 0. The predicted molar refractivity (Wildman–Crippen MR) is 143 cm³/mol. The predicted octanol–water partition coefficient (Wildman–Crippen LogP) is 8.12. The highest BCUT2D eigenvalue weighted by Gasteiger charge is 2.18. The van der Waals surface area contributed by atoms with Crippen molar-refractivity contribution in [2.24, 2.45) is 0 Å². The van der Waals surface area contributed by atoms with E-state index < -0.39 is 0 Å². The van der Waals surface area contributed by atoms with Gasteiger partial charge in [0.15, 0.2) is 0 Å². The largest absolute Gasteiger partial charge is 0.354 e. The number of hydrogen-bond acceptors (Lipinski definition) is 1. The van der Waals surface area contributed by atoms with Crippen LogP contribution in [0, 0.1) is 0 Å². The fraction of sp³-hybridized carbons (Fsp3) is 0. The summed E-state index contributed by atoms with van der Waals surface area (Å²) in [6, 6.07) is 38.9. The minimum absolute atomic E-state index is 0.935. The van der Waals surface area contributed by atoms with Crippen molar-refractivity contribution >= 4 is 65.3 Å². The number of nitrogens with one attached hydrogen (secondary N) is 1. The monoisotopic (exact) mass is 433 g/mol. The third kappa shape index (κ3) is 2.33. The Morgan fingerprint density at radius 2 is 1.29 bits per heavy atom. The SMILES string of the molecule is c1ccc2nc(-n3c4cc5[nH]c6ccccc6c5cc4c4c5ccccc5ccc43)ccc2c1. The van der Waals surface area contributed by atoms with Crippen LogP contribution in [0.25, 0.3) is 71.1 Å². The third-order valence-electron chi connectivity index (χ3n) is 7.09. The number of aromatic nitrogens is 3. The molecule has 5 aromatic carbocycles. The first-order valence-corrected chi connectivity index (χ1v) is 11.6. The number of fused-ring (bicyclic) bond motifs is 9. The lowest BCUT2D eigenvalue weighted by Crippen LogP contribution is -1.97. The van der Waals surface area contributed by atoms with Crippen molar-refractivity contribution in [1.82, 2.24) is 14.5 Å². The molecule has 8 rings (SSSR count). The lowest BCUT2D eigenvalue weighted by Gasteiger charge is -2.08. The van der Waals surface area contributed by atoms with Crippen molar-refractivity contribution in [2.45, 2.75) is 0 Å². The molecule has 0 unspecified atom stereocenters. The highest BCUT2D eigenvalue weighted by atomic mass is 15.1. The number of pyridine rings is 1. The van der Waals surface area contributed by atoms with E-state index in [0.717, 1.165) is 33.3 Å². The van der Waals surface area contributed by atoms with Gasteiger partial charge >= 0.3 is 0 Å². The molecule has 0 bridgehead atoms. The summed E-state index contributed by atoms with van der Waals surface area (Å²) in [5.41, 5.74) is 5.64. The molecule has 158 valence electrons. The minimum atomic E-state index is 0.935. The molecule has 34 heavy (non-hydrogen) atoms. The van der Waals surface area contributed by atoms with Crippen LogP contribution in [0.2, 0.25) is 0 Å². The average molecular weight is 434 g/mol. The Hall–Kier alpha value is -4.63. The maximum absolute atomic E-state index is 5.07. The van der Waals surface area contributed by atoms with Gasteiger partial charge < -0.3 is 4.98 Å². The second-order valence-electron chi connectivity index (χ2n) is 8.96. The van der Waals surface area contributed by atoms with Crippen LogP contribution in [0.15, 0.2) is 109 Å². The van der Waals surface area contributed by atoms with E-state index in [9.17, 15) is 0 Å². The van der Waals surface area contributed by atoms with Crippen LogP contribution in [0.1, 0.15) is 0 Å².